The monoisotopic (exact) mass is 351 g/mol. The molecule has 0 heterocycles. The van der Waals surface area contributed by atoms with Crippen molar-refractivity contribution in [3.8, 4) is 6.07 Å². The van der Waals surface area contributed by atoms with E-state index in [0.29, 0.717) is 18.5 Å². The van der Waals surface area contributed by atoms with Crippen LogP contribution in [0.5, 0.6) is 0 Å². The molecule has 1 aliphatic carbocycles. The van der Waals surface area contributed by atoms with E-state index in [2.05, 4.69) is 10.0 Å². The number of nitrogens with zero attached hydrogens (tertiary/aromatic N) is 1. The number of benzene rings is 1. The summed E-state index contributed by atoms with van der Waals surface area (Å²) in [6.45, 7) is 3.41. The number of nitrogens with one attached hydrogen (secondary N) is 2. The summed E-state index contributed by atoms with van der Waals surface area (Å²) in [5.41, 5.74) is 0.547. The van der Waals surface area contributed by atoms with Crippen LogP contribution in [0.1, 0.15) is 38.7 Å². The Labute approximate surface area is 141 Å². The highest BCUT2D eigenvalue weighted by atomic mass is 32.2. The van der Waals surface area contributed by atoms with Gasteiger partial charge in [-0.15, -0.1) is 0 Å². The predicted octanol–water partition coefficient (Wildman–Crippen LogP) is 1.91. The average Bonchev–Trinajstić information content (AvgIpc) is 2.94. The molecule has 0 aliphatic heterocycles. The molecule has 0 bridgehead atoms. The summed E-state index contributed by atoms with van der Waals surface area (Å²) in [5, 5.41) is 21.4. The first-order valence-electron chi connectivity index (χ1n) is 7.80. The summed E-state index contributed by atoms with van der Waals surface area (Å²) in [6, 6.07) is 5.63. The highest BCUT2D eigenvalue weighted by Gasteiger charge is 2.34. The molecule has 0 aromatic heterocycles. The third-order valence-corrected chi connectivity index (χ3v) is 5.66. The number of hydrogen-bond donors (Lipinski definition) is 3. The van der Waals surface area contributed by atoms with Crippen LogP contribution >= 0.6 is 0 Å². The van der Waals surface area contributed by atoms with Crippen molar-refractivity contribution in [1.29, 1.82) is 5.26 Å². The third-order valence-electron chi connectivity index (χ3n) is 3.97. The van der Waals surface area contributed by atoms with Crippen LogP contribution < -0.4 is 10.0 Å². The van der Waals surface area contributed by atoms with Crippen LogP contribution in [0.15, 0.2) is 23.1 Å². The zero-order valence-electron chi connectivity index (χ0n) is 13.6. The van der Waals surface area contributed by atoms with E-state index in [1.807, 2.05) is 6.07 Å². The van der Waals surface area contributed by atoms with Gasteiger partial charge in [-0.1, -0.05) is 6.42 Å². The van der Waals surface area contributed by atoms with Gasteiger partial charge in [0, 0.05) is 12.1 Å². The Morgan fingerprint density at radius 3 is 2.67 bits per heavy atom. The lowest BCUT2D eigenvalue weighted by molar-refractivity contribution is -0.141. The van der Waals surface area contributed by atoms with Gasteiger partial charge in [0.15, 0.2) is 0 Å². The van der Waals surface area contributed by atoms with E-state index in [-0.39, 0.29) is 22.5 Å². The molecule has 3 N–H and O–H groups in total. The van der Waals surface area contributed by atoms with Crippen molar-refractivity contribution in [2.24, 2.45) is 5.92 Å². The van der Waals surface area contributed by atoms with Gasteiger partial charge in [-0.05, 0) is 44.9 Å². The van der Waals surface area contributed by atoms with Crippen LogP contribution in [0.4, 0.5) is 5.69 Å². The van der Waals surface area contributed by atoms with Crippen LogP contribution in [0.3, 0.4) is 0 Å². The Bertz CT molecular complexity index is 768. The Kier molecular flexibility index (Phi) is 5.47. The van der Waals surface area contributed by atoms with E-state index >= 15 is 0 Å². The van der Waals surface area contributed by atoms with E-state index in [1.165, 1.54) is 18.2 Å². The zero-order valence-corrected chi connectivity index (χ0v) is 14.4. The maximum Gasteiger partial charge on any atom is 0.308 e. The summed E-state index contributed by atoms with van der Waals surface area (Å²) in [4.78, 5) is 11.3. The number of anilines is 1. The van der Waals surface area contributed by atoms with Gasteiger partial charge in [-0.25, -0.2) is 13.1 Å². The molecule has 0 radical (unpaired) electrons. The molecular formula is C16H21N3O4S. The molecule has 7 nitrogen and oxygen atoms in total. The lowest BCUT2D eigenvalue weighted by Gasteiger charge is -2.21. The molecule has 1 fully saturated rings. The van der Waals surface area contributed by atoms with Crippen LogP contribution in [0.2, 0.25) is 0 Å². The lowest BCUT2D eigenvalue weighted by Crippen LogP contribution is -2.33. The highest BCUT2D eigenvalue weighted by molar-refractivity contribution is 7.89. The fourth-order valence-electron chi connectivity index (χ4n) is 2.94. The molecule has 1 saturated carbocycles. The van der Waals surface area contributed by atoms with Crippen molar-refractivity contribution in [2.75, 3.05) is 5.32 Å². The molecule has 1 aromatic carbocycles. The van der Waals surface area contributed by atoms with Crippen molar-refractivity contribution < 1.29 is 18.3 Å². The number of nitriles is 1. The van der Waals surface area contributed by atoms with Gasteiger partial charge in [0.25, 0.3) is 0 Å². The molecule has 8 heteroatoms. The van der Waals surface area contributed by atoms with Gasteiger partial charge >= 0.3 is 5.97 Å². The van der Waals surface area contributed by atoms with Crippen molar-refractivity contribution in [3.05, 3.63) is 23.8 Å². The Balaban J connectivity index is 2.40. The highest BCUT2D eigenvalue weighted by Crippen LogP contribution is 2.31. The average molecular weight is 351 g/mol. The van der Waals surface area contributed by atoms with E-state index in [9.17, 15) is 18.3 Å². The van der Waals surface area contributed by atoms with E-state index < -0.39 is 21.9 Å². The van der Waals surface area contributed by atoms with Crippen molar-refractivity contribution in [3.63, 3.8) is 0 Å². The Morgan fingerprint density at radius 2 is 2.08 bits per heavy atom. The second-order valence-corrected chi connectivity index (χ2v) is 7.91. The predicted molar refractivity (Wildman–Crippen MR) is 89.0 cm³/mol. The molecule has 2 unspecified atom stereocenters. The molecule has 2 atom stereocenters. The first-order chi connectivity index (χ1) is 11.2. The summed E-state index contributed by atoms with van der Waals surface area (Å²) >= 11 is 0. The van der Waals surface area contributed by atoms with Crippen LogP contribution in [0.25, 0.3) is 0 Å². The topological polar surface area (TPSA) is 119 Å². The van der Waals surface area contributed by atoms with Gasteiger partial charge in [0.1, 0.15) is 4.90 Å². The number of hydrogen-bond acceptors (Lipinski definition) is 5. The Morgan fingerprint density at radius 1 is 1.38 bits per heavy atom. The zero-order chi connectivity index (χ0) is 17.9. The SMILES string of the molecule is CC(C)NS(=O)(=O)c1cc(C#N)ccc1NC1CCCC1C(=O)O. The largest absolute Gasteiger partial charge is 0.481 e. The normalized spacial score (nSPS) is 20.8. The molecule has 0 saturated heterocycles. The molecule has 1 aliphatic rings. The quantitative estimate of drug-likeness (QED) is 0.720. The molecule has 0 spiro atoms. The van der Waals surface area contributed by atoms with Crippen molar-refractivity contribution in [1.82, 2.24) is 4.72 Å². The summed E-state index contributed by atoms with van der Waals surface area (Å²) in [7, 11) is -3.81. The minimum absolute atomic E-state index is 0.0358. The van der Waals surface area contributed by atoms with E-state index in [0.717, 1.165) is 6.42 Å². The minimum Gasteiger partial charge on any atom is -0.481 e. The first kappa shape index (κ1) is 18.2. The maximum atomic E-state index is 12.5. The third kappa shape index (κ3) is 4.04. The van der Waals surface area contributed by atoms with E-state index in [4.69, 9.17) is 5.26 Å². The number of carboxylic acids is 1. The fraction of sp³-hybridized carbons (Fsp3) is 0.500. The number of carbonyl (C=O) groups is 1. The van der Waals surface area contributed by atoms with Gasteiger partial charge in [-0.2, -0.15) is 5.26 Å². The molecular weight excluding hydrogens is 330 g/mol. The van der Waals surface area contributed by atoms with Gasteiger partial charge in [-0.3, -0.25) is 4.79 Å². The molecule has 1 aromatic rings. The fourth-order valence-corrected chi connectivity index (χ4v) is 4.38. The smallest absolute Gasteiger partial charge is 0.308 e. The molecule has 24 heavy (non-hydrogen) atoms. The molecule has 0 amide bonds. The van der Waals surface area contributed by atoms with Gasteiger partial charge < -0.3 is 10.4 Å². The van der Waals surface area contributed by atoms with Crippen LogP contribution in [0, 0.1) is 17.2 Å². The van der Waals surface area contributed by atoms with Crippen LogP contribution in [-0.4, -0.2) is 31.6 Å². The van der Waals surface area contributed by atoms with E-state index in [1.54, 1.807) is 13.8 Å². The van der Waals surface area contributed by atoms with Crippen molar-refractivity contribution >= 4 is 21.7 Å². The summed E-state index contributed by atoms with van der Waals surface area (Å²) < 4.78 is 27.6. The number of carboxylic acid groups (broad SMARTS) is 1. The summed E-state index contributed by atoms with van der Waals surface area (Å²) in [5.74, 6) is -1.43. The maximum absolute atomic E-state index is 12.5. The molecule has 2 rings (SSSR count). The standard InChI is InChI=1S/C16H21N3O4S/c1-10(2)19-24(22,23)15-8-11(9-17)6-7-14(15)18-13-5-3-4-12(13)16(20)21/h6-8,10,12-13,18-19H,3-5H2,1-2H3,(H,20,21). The van der Waals surface area contributed by atoms with Crippen molar-refractivity contribution in [2.45, 2.75) is 50.1 Å². The minimum atomic E-state index is -3.81. The van der Waals surface area contributed by atoms with Crippen LogP contribution in [-0.2, 0) is 14.8 Å². The second-order valence-electron chi connectivity index (χ2n) is 6.23. The first-order valence-corrected chi connectivity index (χ1v) is 9.28. The second kappa shape index (κ2) is 7.20. The lowest BCUT2D eigenvalue weighted by atomic mass is 10.0. The number of rotatable bonds is 6. The van der Waals surface area contributed by atoms with Gasteiger partial charge in [0.2, 0.25) is 10.0 Å². The summed E-state index contributed by atoms with van der Waals surface area (Å²) in [6.07, 6.45) is 2.00. The molecule has 130 valence electrons. The Hall–Kier alpha value is -2.11. The van der Waals surface area contributed by atoms with Gasteiger partial charge in [0.05, 0.1) is 23.2 Å². The number of sulfonamides is 1. The number of aliphatic carboxylic acids is 1.